The van der Waals surface area contributed by atoms with E-state index in [1.807, 2.05) is 18.2 Å². The molecule has 0 saturated carbocycles. The highest BCUT2D eigenvalue weighted by Crippen LogP contribution is 2.54. The fourth-order valence-electron chi connectivity index (χ4n) is 5.71. The van der Waals surface area contributed by atoms with Crippen LogP contribution in [0.4, 0.5) is 5.69 Å². The summed E-state index contributed by atoms with van der Waals surface area (Å²) in [4.78, 5) is 28.3. The summed E-state index contributed by atoms with van der Waals surface area (Å²) in [7, 11) is 3.55. The molecule has 3 aliphatic rings. The number of anilines is 1. The van der Waals surface area contributed by atoms with Gasteiger partial charge >= 0.3 is 0 Å². The monoisotopic (exact) mass is 458 g/mol. The largest absolute Gasteiger partial charge is 0.362 e. The minimum atomic E-state index is -0.642. The van der Waals surface area contributed by atoms with E-state index >= 15 is 0 Å². The summed E-state index contributed by atoms with van der Waals surface area (Å²) in [5.74, 6) is 0.0245. The normalized spacial score (nSPS) is 24.9. The van der Waals surface area contributed by atoms with Gasteiger partial charge in [-0.05, 0) is 36.0 Å². The SMILES string of the molecule is CC[C@]1(c2cccc(N(C)C(=O)c3cnn(C)c3)c2)C2=CN=NC2NC2=C1C(=O)CC(C)(C)C2. The van der Waals surface area contributed by atoms with Crippen molar-refractivity contribution in [2.75, 3.05) is 11.9 Å². The molecule has 5 rings (SSSR count). The van der Waals surface area contributed by atoms with Gasteiger partial charge in [-0.25, -0.2) is 0 Å². The molecular weight excluding hydrogens is 428 g/mol. The zero-order valence-electron chi connectivity index (χ0n) is 20.3. The number of Topliss-reactive ketones (excluding diaryl/α,β-unsaturated/α-hetero) is 1. The number of fused-ring (bicyclic) bond motifs is 1. The van der Waals surface area contributed by atoms with E-state index < -0.39 is 5.41 Å². The number of amides is 1. The molecule has 1 amide bonds. The number of nitrogens with one attached hydrogen (secondary N) is 1. The van der Waals surface area contributed by atoms with Gasteiger partial charge < -0.3 is 10.2 Å². The van der Waals surface area contributed by atoms with Crippen molar-refractivity contribution in [2.45, 2.75) is 51.6 Å². The van der Waals surface area contributed by atoms with Gasteiger partial charge in [-0.2, -0.15) is 15.3 Å². The van der Waals surface area contributed by atoms with Crippen LogP contribution in [0.15, 0.2) is 69.9 Å². The zero-order chi connectivity index (χ0) is 24.3. The Labute approximate surface area is 199 Å². The van der Waals surface area contributed by atoms with Crippen LogP contribution in [-0.4, -0.2) is 34.7 Å². The number of carbonyl (C=O) groups excluding carboxylic acids is 2. The van der Waals surface area contributed by atoms with Crippen molar-refractivity contribution in [3.63, 3.8) is 0 Å². The molecule has 8 nitrogen and oxygen atoms in total. The van der Waals surface area contributed by atoms with E-state index in [9.17, 15) is 9.59 Å². The van der Waals surface area contributed by atoms with Crippen molar-refractivity contribution in [1.29, 1.82) is 0 Å². The lowest BCUT2D eigenvalue weighted by Crippen LogP contribution is -2.51. The topological polar surface area (TPSA) is 91.9 Å². The number of rotatable bonds is 4. The summed E-state index contributed by atoms with van der Waals surface area (Å²) < 4.78 is 1.61. The predicted octanol–water partition coefficient (Wildman–Crippen LogP) is 4.27. The maximum atomic E-state index is 13.6. The second-order valence-electron chi connectivity index (χ2n) is 10.2. The fourth-order valence-corrected chi connectivity index (χ4v) is 5.71. The molecule has 0 radical (unpaired) electrons. The molecule has 0 fully saturated rings. The summed E-state index contributed by atoms with van der Waals surface area (Å²) in [6.07, 6.45) is 6.78. The maximum Gasteiger partial charge on any atom is 0.261 e. The van der Waals surface area contributed by atoms with Gasteiger partial charge in [-0.3, -0.25) is 14.3 Å². The minimum absolute atomic E-state index is 0.114. The van der Waals surface area contributed by atoms with Crippen LogP contribution in [-0.2, 0) is 17.3 Å². The molecule has 34 heavy (non-hydrogen) atoms. The van der Waals surface area contributed by atoms with Crippen LogP contribution in [0.25, 0.3) is 0 Å². The van der Waals surface area contributed by atoms with E-state index in [0.717, 1.165) is 34.5 Å². The quantitative estimate of drug-likeness (QED) is 0.741. The van der Waals surface area contributed by atoms with E-state index in [1.165, 1.54) is 0 Å². The molecule has 1 aromatic heterocycles. The summed E-state index contributed by atoms with van der Waals surface area (Å²) in [5.41, 5.74) is 4.28. The van der Waals surface area contributed by atoms with Crippen LogP contribution >= 0.6 is 0 Å². The second kappa shape index (κ2) is 7.75. The number of azo groups is 1. The first kappa shape index (κ1) is 22.3. The van der Waals surface area contributed by atoms with E-state index in [2.05, 4.69) is 47.5 Å². The Morgan fingerprint density at radius 1 is 1.29 bits per heavy atom. The molecule has 2 aromatic rings. The van der Waals surface area contributed by atoms with Crippen molar-refractivity contribution in [3.05, 3.63) is 70.8 Å². The zero-order valence-corrected chi connectivity index (χ0v) is 20.3. The van der Waals surface area contributed by atoms with E-state index in [0.29, 0.717) is 18.4 Å². The molecule has 1 unspecified atom stereocenters. The van der Waals surface area contributed by atoms with Crippen molar-refractivity contribution < 1.29 is 9.59 Å². The van der Waals surface area contributed by atoms with E-state index in [1.54, 1.807) is 42.3 Å². The van der Waals surface area contributed by atoms with Crippen molar-refractivity contribution in [3.8, 4) is 0 Å². The van der Waals surface area contributed by atoms with Gasteiger partial charge in [0.2, 0.25) is 0 Å². The lowest BCUT2D eigenvalue weighted by molar-refractivity contribution is -0.119. The van der Waals surface area contributed by atoms with Crippen LogP contribution in [0.1, 0.15) is 56.0 Å². The number of aryl methyl sites for hydroxylation is 1. The first-order valence-corrected chi connectivity index (χ1v) is 11.7. The number of ketones is 1. The predicted molar refractivity (Wildman–Crippen MR) is 129 cm³/mol. The number of benzene rings is 1. The van der Waals surface area contributed by atoms with Gasteiger partial charge in [-0.1, -0.05) is 32.9 Å². The number of hydrogen-bond acceptors (Lipinski definition) is 6. The molecule has 3 heterocycles. The van der Waals surface area contributed by atoms with Crippen LogP contribution in [0.3, 0.4) is 0 Å². The molecule has 176 valence electrons. The Morgan fingerprint density at radius 3 is 2.79 bits per heavy atom. The van der Waals surface area contributed by atoms with Crippen LogP contribution in [0.5, 0.6) is 0 Å². The van der Waals surface area contributed by atoms with Crippen LogP contribution in [0.2, 0.25) is 0 Å². The average Bonchev–Trinajstić information content (AvgIpc) is 3.45. The number of hydrogen-bond donors (Lipinski definition) is 1. The molecule has 2 atom stereocenters. The molecule has 1 aliphatic carbocycles. The Kier molecular flexibility index (Phi) is 5.07. The lowest BCUT2D eigenvalue weighted by atomic mass is 9.59. The maximum absolute atomic E-state index is 13.6. The van der Waals surface area contributed by atoms with Gasteiger partial charge in [0.25, 0.3) is 5.91 Å². The molecule has 1 N–H and O–H groups in total. The van der Waals surface area contributed by atoms with Crippen molar-refractivity contribution >= 4 is 17.4 Å². The minimum Gasteiger partial charge on any atom is -0.362 e. The number of nitrogens with zero attached hydrogens (tertiary/aromatic N) is 5. The van der Waals surface area contributed by atoms with Crippen LogP contribution in [0, 0.1) is 5.41 Å². The summed E-state index contributed by atoms with van der Waals surface area (Å²) in [6, 6.07) is 7.94. The van der Waals surface area contributed by atoms with E-state index in [4.69, 9.17) is 0 Å². The Hall–Kier alpha value is -3.55. The molecule has 0 saturated heterocycles. The first-order valence-electron chi connectivity index (χ1n) is 11.7. The third kappa shape index (κ3) is 3.31. The Balaban J connectivity index is 1.64. The summed E-state index contributed by atoms with van der Waals surface area (Å²) in [6.45, 7) is 6.37. The third-order valence-electron chi connectivity index (χ3n) is 7.29. The van der Waals surface area contributed by atoms with Crippen molar-refractivity contribution in [1.82, 2.24) is 15.1 Å². The number of allylic oxidation sites excluding steroid dienone is 2. The summed E-state index contributed by atoms with van der Waals surface area (Å²) in [5, 5.41) is 16.3. The van der Waals surface area contributed by atoms with Gasteiger partial charge in [0.1, 0.15) is 0 Å². The van der Waals surface area contributed by atoms with Crippen molar-refractivity contribution in [2.24, 2.45) is 22.7 Å². The van der Waals surface area contributed by atoms with Gasteiger partial charge in [0, 0.05) is 49.2 Å². The first-order chi connectivity index (χ1) is 16.2. The van der Waals surface area contributed by atoms with E-state index in [-0.39, 0.29) is 23.3 Å². The second-order valence-corrected chi connectivity index (χ2v) is 10.2. The molecule has 2 aliphatic heterocycles. The highest BCUT2D eigenvalue weighted by molar-refractivity contribution is 6.05. The van der Waals surface area contributed by atoms with Gasteiger partial charge in [-0.15, -0.1) is 0 Å². The molecule has 1 aromatic carbocycles. The molecule has 0 bridgehead atoms. The lowest BCUT2D eigenvalue weighted by Gasteiger charge is -2.48. The van der Waals surface area contributed by atoms with Gasteiger partial charge in [0.15, 0.2) is 11.9 Å². The summed E-state index contributed by atoms with van der Waals surface area (Å²) >= 11 is 0. The molecule has 0 spiro atoms. The molecular formula is C26H30N6O2. The highest BCUT2D eigenvalue weighted by Gasteiger charge is 2.53. The molecule has 8 heteroatoms. The Morgan fingerprint density at radius 2 is 2.09 bits per heavy atom. The van der Waals surface area contributed by atoms with Crippen LogP contribution < -0.4 is 10.2 Å². The highest BCUT2D eigenvalue weighted by atomic mass is 16.2. The van der Waals surface area contributed by atoms with Gasteiger partial charge in [0.05, 0.1) is 23.4 Å². The average molecular weight is 459 g/mol. The fraction of sp³-hybridized carbons (Fsp3) is 0.423. The number of aromatic nitrogens is 2. The standard InChI is InChI=1S/C26H30N6O2/c1-6-26(17-8-7-9-18(10-17)32(5)24(34)16-13-28-31(4)15-16)19-14-27-30-23(19)29-20-11-25(2,3)12-21(33)22(20)26/h7-10,13-15,23,29H,6,11-12H2,1-5H3/t23?,26-/m0/s1. The number of carbonyl (C=O) groups is 2. The third-order valence-corrected chi connectivity index (χ3v) is 7.29. The smallest absolute Gasteiger partial charge is 0.261 e. The Bertz CT molecular complexity index is 1280.